The summed E-state index contributed by atoms with van der Waals surface area (Å²) in [5.74, 6) is 1.75. The molecule has 8 nitrogen and oxygen atoms in total. The Morgan fingerprint density at radius 3 is 2.76 bits per heavy atom. The van der Waals surface area contributed by atoms with E-state index in [1.54, 1.807) is 0 Å². The molecule has 2 aliphatic rings. The molecule has 1 atom stereocenters. The molecule has 1 aromatic carbocycles. The summed E-state index contributed by atoms with van der Waals surface area (Å²) in [6.07, 6.45) is 1.39. The van der Waals surface area contributed by atoms with Gasteiger partial charge in [0.05, 0.1) is 19.6 Å². The zero-order valence-corrected chi connectivity index (χ0v) is 20.4. The Hall–Kier alpha value is -2.65. The van der Waals surface area contributed by atoms with Gasteiger partial charge in [0.15, 0.2) is 0 Å². The molecule has 1 aromatic heterocycles. The third kappa shape index (κ3) is 6.03. The number of benzene rings is 1. The van der Waals surface area contributed by atoms with Gasteiger partial charge in [-0.25, -0.2) is 4.98 Å². The summed E-state index contributed by atoms with van der Waals surface area (Å²) in [6, 6.07) is 4.02. The number of rotatable bonds is 8. The first-order chi connectivity index (χ1) is 15.9. The van der Waals surface area contributed by atoms with Crippen LogP contribution in [0.15, 0.2) is 17.5 Å². The van der Waals surface area contributed by atoms with E-state index < -0.39 is 0 Å². The number of aryl methyl sites for hydroxylation is 1. The molecule has 0 saturated carbocycles. The van der Waals surface area contributed by atoms with E-state index in [4.69, 9.17) is 9.47 Å². The molecule has 9 heteroatoms. The Morgan fingerprint density at radius 1 is 1.27 bits per heavy atom. The molecular weight excluding hydrogens is 440 g/mol. The van der Waals surface area contributed by atoms with Crippen LogP contribution < -0.4 is 14.8 Å². The van der Waals surface area contributed by atoms with Gasteiger partial charge in [0.25, 0.3) is 0 Å². The summed E-state index contributed by atoms with van der Waals surface area (Å²) in [6.45, 7) is 9.85. The third-order valence-electron chi connectivity index (χ3n) is 5.92. The molecule has 0 aliphatic carbocycles. The molecule has 178 valence electrons. The number of nitrogens with one attached hydrogen (secondary N) is 1. The zero-order chi connectivity index (χ0) is 23.4. The maximum Gasteiger partial charge on any atom is 0.234 e. The average molecular weight is 473 g/mol. The Kier molecular flexibility index (Phi) is 7.49. The number of piperazine rings is 1. The van der Waals surface area contributed by atoms with Gasteiger partial charge in [0, 0.05) is 61.3 Å². The van der Waals surface area contributed by atoms with Crippen LogP contribution in [-0.2, 0) is 29.0 Å². The second-order valence-electron chi connectivity index (χ2n) is 8.63. The van der Waals surface area contributed by atoms with Crippen molar-refractivity contribution in [2.45, 2.75) is 46.3 Å². The van der Waals surface area contributed by atoms with E-state index in [1.807, 2.05) is 36.3 Å². The summed E-state index contributed by atoms with van der Waals surface area (Å²) in [7, 11) is 0. The lowest BCUT2D eigenvalue weighted by Gasteiger charge is -2.34. The van der Waals surface area contributed by atoms with Crippen LogP contribution in [-0.4, -0.2) is 72.0 Å². The van der Waals surface area contributed by atoms with Crippen LogP contribution in [0.25, 0.3) is 0 Å². The Balaban J connectivity index is 1.24. The van der Waals surface area contributed by atoms with Crippen LogP contribution in [0.3, 0.4) is 0 Å². The number of carbonyl (C=O) groups is 2. The molecule has 4 rings (SSSR count). The van der Waals surface area contributed by atoms with Crippen molar-refractivity contribution in [1.29, 1.82) is 0 Å². The van der Waals surface area contributed by atoms with Gasteiger partial charge < -0.3 is 19.7 Å². The number of thiazole rings is 1. The van der Waals surface area contributed by atoms with Crippen LogP contribution in [0.1, 0.15) is 35.7 Å². The number of hydrogen-bond acceptors (Lipinski definition) is 7. The van der Waals surface area contributed by atoms with E-state index in [0.717, 1.165) is 39.7 Å². The molecule has 33 heavy (non-hydrogen) atoms. The minimum absolute atomic E-state index is 0.0368. The van der Waals surface area contributed by atoms with Gasteiger partial charge in [-0.1, -0.05) is 0 Å². The van der Waals surface area contributed by atoms with E-state index >= 15 is 0 Å². The molecule has 2 aromatic rings. The highest BCUT2D eigenvalue weighted by atomic mass is 32.1. The minimum atomic E-state index is -0.0368. The normalized spacial score (nSPS) is 18.0. The SMILES string of the molecule is CCOc1cc2c(cc1CNC(=O)CN1CCN(C(=O)Cc3nc(C)cs3)CC1)O[C@@H](C)C2. The van der Waals surface area contributed by atoms with Gasteiger partial charge in [-0.15, -0.1) is 11.3 Å². The van der Waals surface area contributed by atoms with Crippen molar-refractivity contribution in [1.82, 2.24) is 20.1 Å². The number of carbonyl (C=O) groups excluding carboxylic acids is 2. The van der Waals surface area contributed by atoms with Crippen LogP contribution in [0.2, 0.25) is 0 Å². The van der Waals surface area contributed by atoms with E-state index in [-0.39, 0.29) is 17.9 Å². The second kappa shape index (κ2) is 10.5. The van der Waals surface area contributed by atoms with Crippen LogP contribution in [0.4, 0.5) is 0 Å². The predicted octanol–water partition coefficient (Wildman–Crippen LogP) is 2.18. The molecule has 0 radical (unpaired) electrons. The predicted molar refractivity (Wildman–Crippen MR) is 127 cm³/mol. The fourth-order valence-electron chi connectivity index (χ4n) is 4.24. The minimum Gasteiger partial charge on any atom is -0.494 e. The maximum absolute atomic E-state index is 12.6. The summed E-state index contributed by atoms with van der Waals surface area (Å²) >= 11 is 1.53. The lowest BCUT2D eigenvalue weighted by atomic mass is 10.1. The molecule has 3 heterocycles. The summed E-state index contributed by atoms with van der Waals surface area (Å²) < 4.78 is 11.7. The summed E-state index contributed by atoms with van der Waals surface area (Å²) in [5, 5.41) is 5.84. The molecule has 0 bridgehead atoms. The van der Waals surface area contributed by atoms with Crippen molar-refractivity contribution in [2.24, 2.45) is 0 Å². The largest absolute Gasteiger partial charge is 0.494 e. The van der Waals surface area contributed by atoms with E-state index in [2.05, 4.69) is 22.1 Å². The number of aromatic nitrogens is 1. The van der Waals surface area contributed by atoms with E-state index in [0.29, 0.717) is 52.3 Å². The highest BCUT2D eigenvalue weighted by molar-refractivity contribution is 7.09. The van der Waals surface area contributed by atoms with Crippen molar-refractivity contribution in [3.63, 3.8) is 0 Å². The molecule has 1 N–H and O–H groups in total. The molecular formula is C24H32N4O4S. The quantitative estimate of drug-likeness (QED) is 0.634. The lowest BCUT2D eigenvalue weighted by molar-refractivity contribution is -0.132. The van der Waals surface area contributed by atoms with Gasteiger partial charge in [0.1, 0.15) is 22.6 Å². The number of nitrogens with zero attached hydrogens (tertiary/aromatic N) is 3. The average Bonchev–Trinajstić information content (AvgIpc) is 3.36. The molecule has 0 unspecified atom stereocenters. The number of ether oxygens (including phenoxy) is 2. The van der Waals surface area contributed by atoms with E-state index in [9.17, 15) is 9.59 Å². The van der Waals surface area contributed by atoms with Gasteiger partial charge in [-0.3, -0.25) is 14.5 Å². The fourth-order valence-corrected chi connectivity index (χ4v) is 5.01. The molecule has 2 aliphatic heterocycles. The standard InChI is InChI=1S/C24H32N4O4S/c1-4-31-20-10-18-9-17(3)32-21(18)11-19(20)13-25-22(29)14-27-5-7-28(8-6-27)24(30)12-23-26-16(2)15-33-23/h10-11,15,17H,4-9,12-14H2,1-3H3,(H,25,29)/t17-/m0/s1. The van der Waals surface area contributed by atoms with Crippen LogP contribution in [0, 0.1) is 6.92 Å². The zero-order valence-electron chi connectivity index (χ0n) is 19.6. The molecule has 1 saturated heterocycles. The van der Waals surface area contributed by atoms with Gasteiger partial charge in [-0.05, 0) is 32.9 Å². The first kappa shape index (κ1) is 23.5. The Bertz CT molecular complexity index is 1000. The monoisotopic (exact) mass is 472 g/mol. The number of fused-ring (bicyclic) bond motifs is 1. The van der Waals surface area contributed by atoms with Gasteiger partial charge >= 0.3 is 0 Å². The summed E-state index contributed by atoms with van der Waals surface area (Å²) in [5.41, 5.74) is 3.03. The van der Waals surface area contributed by atoms with Gasteiger partial charge in [-0.2, -0.15) is 0 Å². The van der Waals surface area contributed by atoms with Gasteiger partial charge in [0.2, 0.25) is 11.8 Å². The summed E-state index contributed by atoms with van der Waals surface area (Å²) in [4.78, 5) is 33.4. The van der Waals surface area contributed by atoms with Crippen molar-refractivity contribution >= 4 is 23.2 Å². The van der Waals surface area contributed by atoms with Crippen molar-refractivity contribution in [2.75, 3.05) is 39.3 Å². The second-order valence-corrected chi connectivity index (χ2v) is 9.57. The Morgan fingerprint density at radius 2 is 2.06 bits per heavy atom. The fraction of sp³-hybridized carbons (Fsp3) is 0.542. The first-order valence-electron chi connectivity index (χ1n) is 11.5. The van der Waals surface area contributed by atoms with Crippen molar-refractivity contribution in [3.8, 4) is 11.5 Å². The Labute approximate surface area is 198 Å². The van der Waals surface area contributed by atoms with Crippen molar-refractivity contribution in [3.05, 3.63) is 39.3 Å². The third-order valence-corrected chi connectivity index (χ3v) is 6.88. The van der Waals surface area contributed by atoms with Crippen LogP contribution >= 0.6 is 11.3 Å². The highest BCUT2D eigenvalue weighted by Crippen LogP contribution is 2.35. The van der Waals surface area contributed by atoms with E-state index in [1.165, 1.54) is 11.3 Å². The van der Waals surface area contributed by atoms with Crippen molar-refractivity contribution < 1.29 is 19.1 Å². The molecule has 1 fully saturated rings. The maximum atomic E-state index is 12.6. The number of amides is 2. The lowest BCUT2D eigenvalue weighted by Crippen LogP contribution is -2.51. The first-order valence-corrected chi connectivity index (χ1v) is 12.4. The van der Waals surface area contributed by atoms with Crippen LogP contribution in [0.5, 0.6) is 11.5 Å². The smallest absolute Gasteiger partial charge is 0.234 e. The highest BCUT2D eigenvalue weighted by Gasteiger charge is 2.24. The molecule has 0 spiro atoms. The number of hydrogen-bond donors (Lipinski definition) is 1. The molecule has 2 amide bonds. The topological polar surface area (TPSA) is 84.0 Å².